The van der Waals surface area contributed by atoms with Gasteiger partial charge in [-0.2, -0.15) is 13.2 Å². The first-order valence-corrected chi connectivity index (χ1v) is 8.38. The highest BCUT2D eigenvalue weighted by Crippen LogP contribution is 2.31. The number of anilines is 4. The summed E-state index contributed by atoms with van der Waals surface area (Å²) in [5.41, 5.74) is -1.13. The lowest BCUT2D eigenvalue weighted by Gasteiger charge is -2.12. The Labute approximate surface area is 168 Å². The smallest absolute Gasteiger partial charge is 0.337 e. The van der Waals surface area contributed by atoms with E-state index in [1.54, 1.807) is 0 Å². The van der Waals surface area contributed by atoms with Crippen LogP contribution in [0.25, 0.3) is 11.3 Å². The van der Waals surface area contributed by atoms with Crippen LogP contribution in [0.2, 0.25) is 0 Å². The zero-order chi connectivity index (χ0) is 22.3. The number of hydrogen-bond donors (Lipinski definition) is 3. The molecule has 0 aliphatic rings. The van der Waals surface area contributed by atoms with Gasteiger partial charge in [0.05, 0.1) is 0 Å². The molecule has 3 N–H and O–H groups in total. The molecule has 0 aliphatic heterocycles. The number of aromatic amines is 1. The van der Waals surface area contributed by atoms with Gasteiger partial charge in [-0.05, 0) is 24.3 Å². The lowest BCUT2D eigenvalue weighted by Crippen LogP contribution is -2.06. The standard InChI is InChI=1S/C18H9F7N6/c19-7-1-8(20)4-11(3-7)26-13-14(27-12-5-9(21)2-10(22)6-12)29-16-15(28-13)30-17(31-16)18(23,24)25/h1-6H,(H3,26,27,28,29,30,31). The SMILES string of the molecule is Fc1cc(F)cc(Nc2nc3nc(C(F)(F)F)[nH]c3nc2Nc2cc(F)cc(F)c2)c1. The zero-order valence-electron chi connectivity index (χ0n) is 15.0. The van der Waals surface area contributed by atoms with Crippen LogP contribution in [-0.4, -0.2) is 19.9 Å². The lowest BCUT2D eigenvalue weighted by atomic mass is 10.3. The Balaban J connectivity index is 1.82. The number of halogens is 7. The zero-order valence-corrected chi connectivity index (χ0v) is 15.0. The molecule has 0 aliphatic carbocycles. The molecule has 6 nitrogen and oxygen atoms in total. The van der Waals surface area contributed by atoms with Gasteiger partial charge >= 0.3 is 6.18 Å². The van der Waals surface area contributed by atoms with E-state index in [0.717, 1.165) is 24.3 Å². The lowest BCUT2D eigenvalue weighted by molar-refractivity contribution is -0.144. The molecular formula is C18H9F7N6. The van der Waals surface area contributed by atoms with Crippen LogP contribution in [0.4, 0.5) is 53.7 Å². The Morgan fingerprint density at radius 2 is 1.10 bits per heavy atom. The summed E-state index contributed by atoms with van der Waals surface area (Å²) in [4.78, 5) is 13.1. The molecule has 4 aromatic rings. The summed E-state index contributed by atoms with van der Waals surface area (Å²) in [6, 6.07) is 4.80. The van der Waals surface area contributed by atoms with E-state index < -0.39 is 40.9 Å². The maximum absolute atomic E-state index is 13.5. The van der Waals surface area contributed by atoms with Crippen molar-refractivity contribution < 1.29 is 30.7 Å². The van der Waals surface area contributed by atoms with Crippen molar-refractivity contribution in [2.45, 2.75) is 6.18 Å². The molecule has 13 heteroatoms. The number of imidazole rings is 1. The number of rotatable bonds is 4. The molecule has 0 bridgehead atoms. The first-order valence-electron chi connectivity index (χ1n) is 8.38. The summed E-state index contributed by atoms with van der Waals surface area (Å²) in [7, 11) is 0. The summed E-state index contributed by atoms with van der Waals surface area (Å²) in [6.07, 6.45) is -4.82. The van der Waals surface area contributed by atoms with Crippen molar-refractivity contribution in [1.82, 2.24) is 19.9 Å². The third-order valence-electron chi connectivity index (χ3n) is 3.85. The van der Waals surface area contributed by atoms with Gasteiger partial charge in [0, 0.05) is 23.5 Å². The first-order chi connectivity index (χ1) is 14.6. The van der Waals surface area contributed by atoms with Crippen LogP contribution in [-0.2, 0) is 6.18 Å². The van der Waals surface area contributed by atoms with Crippen molar-refractivity contribution in [3.8, 4) is 0 Å². The molecule has 0 saturated heterocycles. The van der Waals surface area contributed by atoms with Gasteiger partial charge in [0.1, 0.15) is 23.3 Å². The number of hydrogen-bond acceptors (Lipinski definition) is 5. The monoisotopic (exact) mass is 442 g/mol. The molecule has 0 saturated carbocycles. The fourth-order valence-corrected chi connectivity index (χ4v) is 2.67. The van der Waals surface area contributed by atoms with E-state index in [4.69, 9.17) is 0 Å². The van der Waals surface area contributed by atoms with Crippen LogP contribution < -0.4 is 10.6 Å². The largest absolute Gasteiger partial charge is 0.449 e. The third kappa shape index (κ3) is 4.49. The number of aromatic nitrogens is 4. The Morgan fingerprint density at radius 3 is 1.55 bits per heavy atom. The molecule has 2 aromatic carbocycles. The van der Waals surface area contributed by atoms with E-state index in [1.807, 2.05) is 4.98 Å². The van der Waals surface area contributed by atoms with Gasteiger partial charge in [-0.1, -0.05) is 0 Å². The number of nitrogens with zero attached hydrogens (tertiary/aromatic N) is 3. The van der Waals surface area contributed by atoms with E-state index in [1.165, 1.54) is 0 Å². The van der Waals surface area contributed by atoms with Gasteiger partial charge in [-0.15, -0.1) is 0 Å². The predicted molar refractivity (Wildman–Crippen MR) is 96.0 cm³/mol. The quantitative estimate of drug-likeness (QED) is 0.368. The number of fused-ring (bicyclic) bond motifs is 1. The van der Waals surface area contributed by atoms with Gasteiger partial charge < -0.3 is 15.6 Å². The number of benzene rings is 2. The van der Waals surface area contributed by atoms with Gasteiger partial charge in [0.2, 0.25) is 5.82 Å². The Kier molecular flexibility index (Phi) is 4.87. The summed E-state index contributed by atoms with van der Waals surface area (Å²) in [6.45, 7) is 0. The summed E-state index contributed by atoms with van der Waals surface area (Å²) >= 11 is 0. The molecule has 2 aromatic heterocycles. The average Bonchev–Trinajstić information content (AvgIpc) is 3.03. The van der Waals surface area contributed by atoms with Gasteiger partial charge in [-0.25, -0.2) is 32.5 Å². The maximum atomic E-state index is 13.5. The van der Waals surface area contributed by atoms with Gasteiger partial charge in [0.15, 0.2) is 22.9 Å². The third-order valence-corrected chi connectivity index (χ3v) is 3.85. The fraction of sp³-hybridized carbons (Fsp3) is 0.0556. The Morgan fingerprint density at radius 1 is 0.645 bits per heavy atom. The molecule has 0 amide bonds. The maximum Gasteiger partial charge on any atom is 0.449 e. The summed E-state index contributed by atoms with van der Waals surface area (Å²) < 4.78 is 92.8. The van der Waals surface area contributed by atoms with Crippen molar-refractivity contribution in [2.75, 3.05) is 10.6 Å². The van der Waals surface area contributed by atoms with E-state index in [9.17, 15) is 30.7 Å². The highest BCUT2D eigenvalue weighted by atomic mass is 19.4. The fourth-order valence-electron chi connectivity index (χ4n) is 2.67. The van der Waals surface area contributed by atoms with Crippen LogP contribution in [0.15, 0.2) is 36.4 Å². The molecular weight excluding hydrogens is 433 g/mol. The molecule has 4 rings (SSSR count). The molecule has 0 radical (unpaired) electrons. The minimum atomic E-state index is -4.82. The van der Waals surface area contributed by atoms with Gasteiger partial charge in [0.25, 0.3) is 0 Å². The molecule has 0 spiro atoms. The number of H-pyrrole nitrogens is 1. The van der Waals surface area contributed by atoms with Crippen molar-refractivity contribution >= 4 is 34.3 Å². The second-order valence-corrected chi connectivity index (χ2v) is 6.24. The summed E-state index contributed by atoms with van der Waals surface area (Å²) in [5.74, 6) is -5.70. The van der Waals surface area contributed by atoms with E-state index >= 15 is 0 Å². The average molecular weight is 442 g/mol. The normalized spacial score (nSPS) is 11.7. The Bertz CT molecular complexity index is 1150. The molecule has 0 unspecified atom stereocenters. The minimum Gasteiger partial charge on any atom is -0.337 e. The summed E-state index contributed by atoms with van der Waals surface area (Å²) in [5, 5.41) is 5.02. The van der Waals surface area contributed by atoms with Crippen molar-refractivity contribution in [3.63, 3.8) is 0 Å². The van der Waals surface area contributed by atoms with Crippen LogP contribution >= 0.6 is 0 Å². The van der Waals surface area contributed by atoms with Gasteiger partial charge in [-0.3, -0.25) is 0 Å². The van der Waals surface area contributed by atoms with Crippen molar-refractivity contribution in [1.29, 1.82) is 0 Å². The predicted octanol–water partition coefficient (Wildman–Crippen LogP) is 5.42. The van der Waals surface area contributed by atoms with Crippen molar-refractivity contribution in [3.05, 3.63) is 65.5 Å². The molecule has 0 atom stereocenters. The van der Waals surface area contributed by atoms with E-state index in [2.05, 4.69) is 25.6 Å². The second-order valence-electron chi connectivity index (χ2n) is 6.24. The molecule has 160 valence electrons. The molecule has 31 heavy (non-hydrogen) atoms. The second kappa shape index (κ2) is 7.41. The van der Waals surface area contributed by atoms with Crippen LogP contribution in [0.5, 0.6) is 0 Å². The topological polar surface area (TPSA) is 78.5 Å². The van der Waals surface area contributed by atoms with Crippen LogP contribution in [0, 0.1) is 23.3 Å². The number of nitrogens with one attached hydrogen (secondary N) is 3. The highest BCUT2D eigenvalue weighted by molar-refractivity contribution is 5.79. The van der Waals surface area contributed by atoms with E-state index in [0.29, 0.717) is 12.1 Å². The number of alkyl halides is 3. The molecule has 0 fully saturated rings. The van der Waals surface area contributed by atoms with Crippen LogP contribution in [0.1, 0.15) is 5.82 Å². The highest BCUT2D eigenvalue weighted by Gasteiger charge is 2.35. The Hall–Kier alpha value is -3.90. The molecule has 2 heterocycles. The minimum absolute atomic E-state index is 0.143. The van der Waals surface area contributed by atoms with Crippen molar-refractivity contribution in [2.24, 2.45) is 0 Å². The van der Waals surface area contributed by atoms with Crippen LogP contribution in [0.3, 0.4) is 0 Å². The first kappa shape index (κ1) is 20.4. The van der Waals surface area contributed by atoms with E-state index in [-0.39, 0.29) is 28.7 Å².